The fourth-order valence-corrected chi connectivity index (χ4v) is 4.40. The molecule has 0 spiro atoms. The van der Waals surface area contributed by atoms with E-state index in [0.717, 1.165) is 0 Å². The molecule has 0 aromatic rings. The van der Waals surface area contributed by atoms with Gasteiger partial charge in [0.15, 0.2) is 12.6 Å². The van der Waals surface area contributed by atoms with Crippen LogP contribution in [0.3, 0.4) is 0 Å². The van der Waals surface area contributed by atoms with Crippen LogP contribution in [0.4, 0.5) is 0 Å². The first kappa shape index (κ1) is 29.9. The Bertz CT molecular complexity index is 591. The van der Waals surface area contributed by atoms with Gasteiger partial charge >= 0.3 is 0 Å². The van der Waals surface area contributed by atoms with Gasteiger partial charge in [-0.15, -0.1) is 12.4 Å². The minimum absolute atomic E-state index is 0. The molecule has 16 heteroatoms. The quantitative estimate of drug-likeness (QED) is 0.155. The van der Waals surface area contributed by atoms with Crippen LogP contribution in [0.5, 0.6) is 0 Å². The first-order valence-electron chi connectivity index (χ1n) is 10.8. The van der Waals surface area contributed by atoms with Crippen molar-refractivity contribution in [2.75, 3.05) is 13.2 Å². The van der Waals surface area contributed by atoms with E-state index in [4.69, 9.17) is 41.9 Å². The molecule has 0 aromatic carbocycles. The van der Waals surface area contributed by atoms with Crippen LogP contribution in [0.2, 0.25) is 0 Å². The summed E-state index contributed by atoms with van der Waals surface area (Å²) in [7, 11) is 0. The number of nitrogens with two attached hydrogens (primary N) is 4. The zero-order valence-corrected chi connectivity index (χ0v) is 19.1. The van der Waals surface area contributed by atoms with Crippen molar-refractivity contribution in [2.45, 2.75) is 98.2 Å². The molecule has 15 atom stereocenters. The molecule has 15 N–H and O–H groups in total. The Morgan fingerprint density at radius 1 is 0.676 bits per heavy atom. The van der Waals surface area contributed by atoms with Gasteiger partial charge in [-0.25, -0.2) is 0 Å². The summed E-state index contributed by atoms with van der Waals surface area (Å²) in [5.74, 6) is 0. The molecule has 0 radical (unpaired) electrons. The van der Waals surface area contributed by atoms with Crippen molar-refractivity contribution in [2.24, 2.45) is 22.9 Å². The van der Waals surface area contributed by atoms with Gasteiger partial charge in [0.1, 0.15) is 61.0 Å². The van der Waals surface area contributed by atoms with Crippen LogP contribution in [0.1, 0.15) is 6.42 Å². The Morgan fingerprint density at radius 2 is 1.18 bits per heavy atom. The number of hydrogen-bond donors (Lipinski definition) is 11. The van der Waals surface area contributed by atoms with Gasteiger partial charge in [0.05, 0.1) is 12.6 Å². The van der Waals surface area contributed by atoms with E-state index < -0.39 is 98.4 Å². The lowest BCUT2D eigenvalue weighted by molar-refractivity contribution is -0.332. The Morgan fingerprint density at radius 3 is 1.68 bits per heavy atom. The summed E-state index contributed by atoms with van der Waals surface area (Å²) in [4.78, 5) is 0. The van der Waals surface area contributed by atoms with Gasteiger partial charge in [-0.1, -0.05) is 0 Å². The molecule has 3 aliphatic rings. The standard InChI is InChI=1S/C18H36N4O11.ClH/c19-2-6-10(25)12(27)13(28)18(30-6)33-16-5(21)1-4(20)15(14(16)29)32-17-11(26)8(22)9(24)7(3-23)31-17;/h4-18,23-29H,1-3,19-22H2;1H/t4-,5+,6-,7-,8+,9-,10-,11-,12+,13-,14-,15+,16-,17-,18-;/m1./s1. The monoisotopic (exact) mass is 520 g/mol. The molecule has 0 aromatic heterocycles. The maximum absolute atomic E-state index is 10.9. The molecule has 0 bridgehead atoms. The molecule has 2 heterocycles. The first-order valence-corrected chi connectivity index (χ1v) is 10.8. The van der Waals surface area contributed by atoms with Gasteiger partial charge in [-0.05, 0) is 6.42 Å². The lowest BCUT2D eigenvalue weighted by Gasteiger charge is -2.48. The lowest BCUT2D eigenvalue weighted by atomic mass is 9.84. The van der Waals surface area contributed by atoms with E-state index in [0.29, 0.717) is 0 Å². The third kappa shape index (κ3) is 5.81. The predicted octanol–water partition coefficient (Wildman–Crippen LogP) is -6.87. The maximum atomic E-state index is 10.9. The SMILES string of the molecule is Cl.NC[C@H]1O[C@H](O[C@H]2[C@H](O)[C@@H](O[C@H]3O[C@H](CO)[C@@H](O)[C@H](N)[C@H]3O)[C@H](N)C[C@@H]2N)[C@H](O)[C@@H](O)[C@@H]1O. The van der Waals surface area contributed by atoms with E-state index in [1.54, 1.807) is 0 Å². The highest BCUT2D eigenvalue weighted by Crippen LogP contribution is 2.31. The summed E-state index contributed by atoms with van der Waals surface area (Å²) in [5, 5.41) is 70.9. The highest BCUT2D eigenvalue weighted by Gasteiger charge is 2.51. The summed E-state index contributed by atoms with van der Waals surface area (Å²) in [6, 6.07) is -2.86. The van der Waals surface area contributed by atoms with Crippen molar-refractivity contribution in [3.05, 3.63) is 0 Å². The second kappa shape index (κ2) is 12.3. The molecule has 15 nitrogen and oxygen atoms in total. The lowest BCUT2D eigenvalue weighted by Crippen LogP contribution is -2.68. The fraction of sp³-hybridized carbons (Fsp3) is 1.00. The molecule has 202 valence electrons. The summed E-state index contributed by atoms with van der Waals surface area (Å²) < 4.78 is 22.2. The van der Waals surface area contributed by atoms with Crippen LogP contribution < -0.4 is 22.9 Å². The van der Waals surface area contributed by atoms with E-state index in [-0.39, 0.29) is 25.4 Å². The molecule has 34 heavy (non-hydrogen) atoms. The molecule has 3 fully saturated rings. The second-order valence-electron chi connectivity index (χ2n) is 8.79. The largest absolute Gasteiger partial charge is 0.394 e. The summed E-state index contributed by atoms with van der Waals surface area (Å²) in [6.07, 6.45) is -16.5. The van der Waals surface area contributed by atoms with Gasteiger partial charge in [-0.3, -0.25) is 0 Å². The minimum atomic E-state index is -1.66. The Hall–Kier alpha value is -0.310. The molecule has 3 rings (SSSR count). The predicted molar refractivity (Wildman–Crippen MR) is 115 cm³/mol. The van der Waals surface area contributed by atoms with Crippen molar-refractivity contribution < 1.29 is 54.7 Å². The normalized spacial score (nSPS) is 52.1. The third-order valence-electron chi connectivity index (χ3n) is 6.48. The number of hydrogen-bond acceptors (Lipinski definition) is 15. The Balaban J connectivity index is 0.00000408. The Kier molecular flexibility index (Phi) is 10.8. The van der Waals surface area contributed by atoms with Gasteiger partial charge in [0.25, 0.3) is 0 Å². The summed E-state index contributed by atoms with van der Waals surface area (Å²) >= 11 is 0. The van der Waals surface area contributed by atoms with E-state index in [9.17, 15) is 35.7 Å². The summed E-state index contributed by atoms with van der Waals surface area (Å²) in [6.45, 7) is -0.763. The zero-order valence-electron chi connectivity index (χ0n) is 18.3. The molecule has 2 aliphatic heterocycles. The highest BCUT2D eigenvalue weighted by atomic mass is 35.5. The van der Waals surface area contributed by atoms with Crippen molar-refractivity contribution in [3.8, 4) is 0 Å². The van der Waals surface area contributed by atoms with Crippen LogP contribution in [0.25, 0.3) is 0 Å². The maximum Gasteiger partial charge on any atom is 0.187 e. The van der Waals surface area contributed by atoms with E-state index in [1.807, 2.05) is 0 Å². The van der Waals surface area contributed by atoms with Crippen molar-refractivity contribution in [1.29, 1.82) is 0 Å². The molecule has 1 saturated carbocycles. The minimum Gasteiger partial charge on any atom is -0.394 e. The number of ether oxygens (including phenoxy) is 4. The van der Waals surface area contributed by atoms with Gasteiger partial charge in [0.2, 0.25) is 0 Å². The topological polar surface area (TPSA) is 283 Å². The van der Waals surface area contributed by atoms with Crippen molar-refractivity contribution >= 4 is 12.4 Å². The average Bonchev–Trinajstić information content (AvgIpc) is 2.79. The molecule has 0 amide bonds. The number of aliphatic hydroxyl groups excluding tert-OH is 7. The molecular weight excluding hydrogens is 484 g/mol. The molecule has 2 saturated heterocycles. The second-order valence-corrected chi connectivity index (χ2v) is 8.79. The molecule has 0 unspecified atom stereocenters. The number of aliphatic hydroxyl groups is 7. The fourth-order valence-electron chi connectivity index (χ4n) is 4.40. The van der Waals surface area contributed by atoms with Crippen molar-refractivity contribution in [3.63, 3.8) is 0 Å². The zero-order chi connectivity index (χ0) is 24.6. The van der Waals surface area contributed by atoms with Crippen LogP contribution in [0.15, 0.2) is 0 Å². The average molecular weight is 521 g/mol. The van der Waals surface area contributed by atoms with Crippen LogP contribution in [0, 0.1) is 0 Å². The first-order chi connectivity index (χ1) is 15.5. The molecular formula is C18H37ClN4O11. The van der Waals surface area contributed by atoms with Crippen LogP contribution in [-0.4, -0.2) is 141 Å². The van der Waals surface area contributed by atoms with Gasteiger partial charge in [0, 0.05) is 18.6 Å². The third-order valence-corrected chi connectivity index (χ3v) is 6.48. The number of halogens is 1. The van der Waals surface area contributed by atoms with E-state index in [1.165, 1.54) is 0 Å². The Labute approximate surface area is 201 Å². The molecule has 1 aliphatic carbocycles. The van der Waals surface area contributed by atoms with Crippen LogP contribution >= 0.6 is 12.4 Å². The van der Waals surface area contributed by atoms with Gasteiger partial charge < -0.3 is 77.6 Å². The van der Waals surface area contributed by atoms with E-state index >= 15 is 0 Å². The smallest absolute Gasteiger partial charge is 0.187 e. The van der Waals surface area contributed by atoms with E-state index in [2.05, 4.69) is 0 Å². The van der Waals surface area contributed by atoms with Gasteiger partial charge in [-0.2, -0.15) is 0 Å². The number of rotatable bonds is 6. The highest BCUT2D eigenvalue weighted by molar-refractivity contribution is 5.85. The van der Waals surface area contributed by atoms with Crippen LogP contribution in [-0.2, 0) is 18.9 Å². The van der Waals surface area contributed by atoms with Crippen molar-refractivity contribution in [1.82, 2.24) is 0 Å². The summed E-state index contributed by atoms with van der Waals surface area (Å²) in [5.41, 5.74) is 23.5.